The van der Waals surface area contributed by atoms with Gasteiger partial charge in [0.15, 0.2) is 11.6 Å². The lowest BCUT2D eigenvalue weighted by atomic mass is 10.0. The minimum atomic E-state index is -1.29. The van der Waals surface area contributed by atoms with Gasteiger partial charge in [0.2, 0.25) is 11.8 Å². The van der Waals surface area contributed by atoms with Crippen LogP contribution in [0.2, 0.25) is 0 Å². The average Bonchev–Trinajstić information content (AvgIpc) is 2.57. The highest BCUT2D eigenvalue weighted by atomic mass is 19.2. The fourth-order valence-electron chi connectivity index (χ4n) is 2.92. The maximum atomic E-state index is 13.8. The summed E-state index contributed by atoms with van der Waals surface area (Å²) in [5.74, 6) is -4.08. The first-order valence-electron chi connectivity index (χ1n) is 9.08. The molecular weight excluding hydrogens is 375 g/mol. The van der Waals surface area contributed by atoms with E-state index in [1.165, 1.54) is 4.90 Å². The molecule has 156 valence electrons. The molecule has 2 amide bonds. The second-order valence-corrected chi connectivity index (χ2v) is 7.84. The molecule has 1 fully saturated rings. The molecule has 0 bridgehead atoms. The van der Waals surface area contributed by atoms with Gasteiger partial charge in [-0.2, -0.15) is 0 Å². The molecule has 9 heteroatoms. The fourth-order valence-corrected chi connectivity index (χ4v) is 2.92. The smallest absolute Gasteiger partial charge is 0.245 e. The first-order valence-corrected chi connectivity index (χ1v) is 9.08. The van der Waals surface area contributed by atoms with Crippen molar-refractivity contribution in [3.63, 3.8) is 0 Å². The van der Waals surface area contributed by atoms with Crippen LogP contribution in [0.15, 0.2) is 12.1 Å². The molecule has 3 N–H and O–H groups in total. The molecule has 28 heavy (non-hydrogen) atoms. The summed E-state index contributed by atoms with van der Waals surface area (Å²) in [4.78, 5) is 26.2. The van der Waals surface area contributed by atoms with Crippen LogP contribution in [0.5, 0.6) is 0 Å². The maximum absolute atomic E-state index is 13.8. The van der Waals surface area contributed by atoms with Crippen LogP contribution >= 0.6 is 0 Å². The number of piperazine rings is 1. The molecule has 0 spiro atoms. The molecule has 1 unspecified atom stereocenters. The molecule has 0 aliphatic carbocycles. The van der Waals surface area contributed by atoms with Crippen molar-refractivity contribution in [3.8, 4) is 0 Å². The molecule has 6 nitrogen and oxygen atoms in total. The Morgan fingerprint density at radius 2 is 1.93 bits per heavy atom. The van der Waals surface area contributed by atoms with E-state index >= 15 is 0 Å². The van der Waals surface area contributed by atoms with Gasteiger partial charge in [-0.1, -0.05) is 0 Å². The zero-order valence-electron chi connectivity index (χ0n) is 16.2. The third-order valence-corrected chi connectivity index (χ3v) is 4.33. The largest absolute Gasteiger partial charge is 0.373 e. The number of halogens is 3. The number of rotatable bonds is 6. The Kier molecular flexibility index (Phi) is 7.06. The SMILES string of the molecule is CC(C)(C)OCC1C(=O)NCCN1C(=O)C[C@H](N)Cc1cc(F)c(F)cc1F. The molecule has 2 atom stereocenters. The third-order valence-electron chi connectivity index (χ3n) is 4.33. The minimum absolute atomic E-state index is 0.0358. The van der Waals surface area contributed by atoms with Crippen molar-refractivity contribution < 1.29 is 27.5 Å². The monoisotopic (exact) mass is 401 g/mol. The number of hydrogen-bond donors (Lipinski definition) is 2. The van der Waals surface area contributed by atoms with Crippen LogP contribution in [0, 0.1) is 17.5 Å². The van der Waals surface area contributed by atoms with E-state index < -0.39 is 35.1 Å². The number of nitrogens with zero attached hydrogens (tertiary/aromatic N) is 1. The number of hydrogen-bond acceptors (Lipinski definition) is 4. The van der Waals surface area contributed by atoms with Gasteiger partial charge >= 0.3 is 0 Å². The van der Waals surface area contributed by atoms with Gasteiger partial charge in [-0.15, -0.1) is 0 Å². The van der Waals surface area contributed by atoms with Crippen molar-refractivity contribution in [1.82, 2.24) is 10.2 Å². The highest BCUT2D eigenvalue weighted by molar-refractivity contribution is 5.89. The summed E-state index contributed by atoms with van der Waals surface area (Å²) >= 11 is 0. The molecule has 1 heterocycles. The first kappa shape index (κ1) is 22.2. The van der Waals surface area contributed by atoms with Gasteiger partial charge in [-0.3, -0.25) is 9.59 Å². The van der Waals surface area contributed by atoms with Gasteiger partial charge in [0.25, 0.3) is 0 Å². The van der Waals surface area contributed by atoms with Gasteiger partial charge in [0.1, 0.15) is 11.9 Å². The Morgan fingerprint density at radius 1 is 1.29 bits per heavy atom. The summed E-state index contributed by atoms with van der Waals surface area (Å²) < 4.78 is 45.8. The number of benzene rings is 1. The highest BCUT2D eigenvalue weighted by Crippen LogP contribution is 2.17. The summed E-state index contributed by atoms with van der Waals surface area (Å²) in [5.41, 5.74) is 5.34. The molecule has 1 aliphatic rings. The van der Waals surface area contributed by atoms with Crippen molar-refractivity contribution in [3.05, 3.63) is 35.1 Å². The van der Waals surface area contributed by atoms with Crippen molar-refractivity contribution in [1.29, 1.82) is 0 Å². The van der Waals surface area contributed by atoms with Crippen LogP contribution in [0.4, 0.5) is 13.2 Å². The van der Waals surface area contributed by atoms with E-state index in [1.54, 1.807) is 0 Å². The van der Waals surface area contributed by atoms with Crippen LogP contribution in [0.25, 0.3) is 0 Å². The lowest BCUT2D eigenvalue weighted by Gasteiger charge is -2.36. The number of carbonyl (C=O) groups is 2. The molecule has 0 saturated carbocycles. The number of amides is 2. The van der Waals surface area contributed by atoms with Crippen molar-refractivity contribution in [2.75, 3.05) is 19.7 Å². The lowest BCUT2D eigenvalue weighted by Crippen LogP contribution is -2.60. The lowest BCUT2D eigenvalue weighted by molar-refractivity contribution is -0.148. The third kappa shape index (κ3) is 5.93. The molecule has 1 saturated heterocycles. The van der Waals surface area contributed by atoms with E-state index in [0.717, 1.165) is 6.07 Å². The topological polar surface area (TPSA) is 84.7 Å². The molecule has 1 aromatic carbocycles. The summed E-state index contributed by atoms with van der Waals surface area (Å²) in [6.45, 7) is 6.16. The molecule has 0 aromatic heterocycles. The summed E-state index contributed by atoms with van der Waals surface area (Å²) in [7, 11) is 0. The van der Waals surface area contributed by atoms with E-state index in [0.29, 0.717) is 19.2 Å². The first-order chi connectivity index (χ1) is 13.0. The number of nitrogens with one attached hydrogen (secondary N) is 1. The molecule has 1 aromatic rings. The van der Waals surface area contributed by atoms with Crippen LogP contribution < -0.4 is 11.1 Å². The molecule has 1 aliphatic heterocycles. The minimum Gasteiger partial charge on any atom is -0.373 e. The van der Waals surface area contributed by atoms with E-state index in [9.17, 15) is 22.8 Å². The van der Waals surface area contributed by atoms with Gasteiger partial charge in [0, 0.05) is 31.6 Å². The summed E-state index contributed by atoms with van der Waals surface area (Å²) in [5, 5.41) is 2.69. The Balaban J connectivity index is 2.02. The number of carbonyl (C=O) groups excluding carboxylic acids is 2. The Hall–Kier alpha value is -2.13. The standard InChI is InChI=1S/C19H26F3N3O3/c1-19(2,3)28-10-16-18(27)24-4-5-25(16)17(26)8-12(23)6-11-7-14(21)15(22)9-13(11)20/h7,9,12,16H,4-6,8,10,23H2,1-3H3,(H,24,27)/t12-,16?/m1/s1. The highest BCUT2D eigenvalue weighted by Gasteiger charge is 2.34. The Labute approximate surface area is 162 Å². The van der Waals surface area contributed by atoms with Gasteiger partial charge in [-0.05, 0) is 38.8 Å². The Bertz CT molecular complexity index is 737. The van der Waals surface area contributed by atoms with E-state index in [4.69, 9.17) is 10.5 Å². The van der Waals surface area contributed by atoms with Crippen LogP contribution in [0.1, 0.15) is 32.8 Å². The van der Waals surface area contributed by atoms with E-state index in [-0.39, 0.29) is 36.8 Å². The van der Waals surface area contributed by atoms with E-state index in [2.05, 4.69) is 5.32 Å². The zero-order chi connectivity index (χ0) is 21.1. The van der Waals surface area contributed by atoms with Gasteiger partial charge in [0.05, 0.1) is 12.2 Å². The van der Waals surface area contributed by atoms with Crippen molar-refractivity contribution in [2.45, 2.75) is 51.3 Å². The molecule has 2 rings (SSSR count). The van der Waals surface area contributed by atoms with Gasteiger partial charge < -0.3 is 20.7 Å². The second-order valence-electron chi connectivity index (χ2n) is 7.84. The average molecular weight is 401 g/mol. The van der Waals surface area contributed by atoms with Crippen LogP contribution in [-0.2, 0) is 20.7 Å². The summed E-state index contributed by atoms with van der Waals surface area (Å²) in [6, 6.07) is -0.411. The number of nitrogens with two attached hydrogens (primary N) is 1. The van der Waals surface area contributed by atoms with E-state index in [1.807, 2.05) is 20.8 Å². The predicted molar refractivity (Wildman–Crippen MR) is 96.8 cm³/mol. The van der Waals surface area contributed by atoms with Crippen LogP contribution in [-0.4, -0.2) is 54.1 Å². The second kappa shape index (κ2) is 8.91. The normalized spacial score (nSPS) is 18.8. The molecular formula is C19H26F3N3O3. The quantitative estimate of drug-likeness (QED) is 0.708. The fraction of sp³-hybridized carbons (Fsp3) is 0.579. The zero-order valence-corrected chi connectivity index (χ0v) is 16.2. The van der Waals surface area contributed by atoms with Crippen LogP contribution in [0.3, 0.4) is 0 Å². The van der Waals surface area contributed by atoms with Gasteiger partial charge in [-0.25, -0.2) is 13.2 Å². The summed E-state index contributed by atoms with van der Waals surface area (Å²) in [6.07, 6.45) is -0.310. The number of ether oxygens (including phenoxy) is 1. The Morgan fingerprint density at radius 3 is 2.57 bits per heavy atom. The van der Waals surface area contributed by atoms with Crippen molar-refractivity contribution >= 4 is 11.8 Å². The predicted octanol–water partition coefficient (Wildman–Crippen LogP) is 1.51. The van der Waals surface area contributed by atoms with Crippen molar-refractivity contribution in [2.24, 2.45) is 5.73 Å². The maximum Gasteiger partial charge on any atom is 0.245 e. The molecule has 0 radical (unpaired) electrons.